The molecule has 22 atom stereocenters. The number of carbonyl (C=O) groups excluding carboxylic acids is 2. The van der Waals surface area contributed by atoms with Crippen molar-refractivity contribution >= 4 is 11.8 Å². The van der Waals surface area contributed by atoms with Gasteiger partial charge in [0.25, 0.3) is 0 Å². The monoisotopic (exact) mass is 948 g/mol. The molecular weight excluding hydrogens is 854 g/mol. The van der Waals surface area contributed by atoms with E-state index in [4.69, 9.17) is 0 Å². The molecule has 0 saturated heterocycles. The van der Waals surface area contributed by atoms with Crippen molar-refractivity contribution in [3.05, 3.63) is 0 Å². The van der Waals surface area contributed by atoms with Gasteiger partial charge in [0.1, 0.15) is 0 Å². The Kier molecular flexibility index (Phi) is 16.5. The second kappa shape index (κ2) is 20.6. The minimum Gasteiger partial charge on any atom is -1.00 e. The van der Waals surface area contributed by atoms with Gasteiger partial charge in [0.15, 0.2) is 0 Å². The molecule has 0 heterocycles. The van der Waals surface area contributed by atoms with Gasteiger partial charge in [-0.1, -0.05) is 41.5 Å². The Morgan fingerprint density at radius 3 is 1.55 bits per heavy atom. The zero-order valence-electron chi connectivity index (χ0n) is 41.9. The van der Waals surface area contributed by atoms with Gasteiger partial charge in [-0.3, -0.25) is 9.59 Å². The number of hydrogen-bond acceptors (Lipinski definition) is 8. The highest BCUT2D eigenvalue weighted by molar-refractivity contribution is 5.76. The molecule has 2 amide bonds. The number of nitrogens with one attached hydrogen (secondary N) is 1. The van der Waals surface area contributed by atoms with Crippen molar-refractivity contribution in [2.45, 2.75) is 207 Å². The van der Waals surface area contributed by atoms with Crippen molar-refractivity contribution in [3.8, 4) is 0 Å². The third-order valence-electron chi connectivity index (χ3n) is 22.6. The van der Waals surface area contributed by atoms with Gasteiger partial charge in [-0.15, -0.1) is 0 Å². The molecule has 0 aromatic heterocycles. The minimum atomic E-state index is -0.436. The maximum absolute atomic E-state index is 13.9. The molecule has 0 aromatic rings. The van der Waals surface area contributed by atoms with E-state index in [9.17, 15) is 40.2 Å². The van der Waals surface area contributed by atoms with E-state index in [0.29, 0.717) is 62.6 Å². The highest BCUT2D eigenvalue weighted by Crippen LogP contribution is 2.70. The van der Waals surface area contributed by atoms with E-state index in [2.05, 4.69) is 52.6 Å². The number of hydrogen-bond donors (Lipinski definition) is 8. The van der Waals surface area contributed by atoms with E-state index < -0.39 is 12.2 Å². The van der Waals surface area contributed by atoms with Crippen LogP contribution in [-0.2, 0) is 9.59 Å². The number of carbonyl (C=O) groups is 2. The molecule has 0 aromatic carbocycles. The van der Waals surface area contributed by atoms with Crippen LogP contribution < -0.4 is 23.5 Å². The van der Waals surface area contributed by atoms with Crippen LogP contribution in [0.15, 0.2) is 0 Å². The Morgan fingerprint density at radius 2 is 1.08 bits per heavy atom. The van der Waals surface area contributed by atoms with Gasteiger partial charge >= 0.3 is 0 Å². The molecule has 8 aliphatic carbocycles. The average Bonchev–Trinajstić information content (AvgIpc) is 3.82. The van der Waals surface area contributed by atoms with Gasteiger partial charge < -0.3 is 59.0 Å². The van der Waals surface area contributed by atoms with Crippen LogP contribution in [0.3, 0.4) is 0 Å². The maximum Gasteiger partial charge on any atom is 0.222 e. The molecule has 10 N–H and O–H groups in total. The van der Waals surface area contributed by atoms with E-state index >= 15 is 0 Å². The van der Waals surface area contributed by atoms with Crippen molar-refractivity contribution in [1.82, 2.24) is 10.2 Å². The number of quaternary nitrogens is 1. The quantitative estimate of drug-likeness (QED) is 0.115. The summed E-state index contributed by atoms with van der Waals surface area (Å²) in [7, 11) is 0. The van der Waals surface area contributed by atoms with Crippen LogP contribution in [0.5, 0.6) is 0 Å². The predicted molar refractivity (Wildman–Crippen MR) is 251 cm³/mol. The minimum absolute atomic E-state index is 0. The Balaban J connectivity index is 0.00000648. The molecule has 0 spiro atoms. The molecule has 0 aliphatic heterocycles. The summed E-state index contributed by atoms with van der Waals surface area (Å²) in [4.78, 5) is 29.1. The number of nitrogens with zero attached hydrogens (tertiary/aromatic N) is 1. The number of aliphatic hydroxyl groups is 6. The lowest BCUT2D eigenvalue weighted by Crippen LogP contribution is -3.00. The fourth-order valence-electron chi connectivity index (χ4n) is 18.8. The maximum atomic E-state index is 13.9. The SMILES string of the molecule is CC(CCC(=O)NCCCN(CCC[NH3+])C(=O)CCC(C)C1CCC2C3C(C[C@@H](O)[C@]12C)[C@@]1(C)CC[C@H](O)CC1C[C@@H]3O)C1CCC2C3C(C[C@@H](O)[C@]12C)[C@@]1(C)CC[C@H](O)CC1C[C@@H]3O.[Cl-]. The van der Waals surface area contributed by atoms with Crippen LogP contribution in [0.2, 0.25) is 0 Å². The second-order valence-corrected chi connectivity index (χ2v) is 25.4. The summed E-state index contributed by atoms with van der Waals surface area (Å²) >= 11 is 0. The lowest BCUT2D eigenvalue weighted by molar-refractivity contribution is -0.368. The number of halogens is 1. The molecule has 11 nitrogen and oxygen atoms in total. The van der Waals surface area contributed by atoms with Gasteiger partial charge in [0, 0.05) is 38.9 Å². The molecular formula is C54H94ClN3O8. The fourth-order valence-corrected chi connectivity index (χ4v) is 18.8. The van der Waals surface area contributed by atoms with Gasteiger partial charge in [0.2, 0.25) is 11.8 Å². The second-order valence-electron chi connectivity index (χ2n) is 25.4. The van der Waals surface area contributed by atoms with Crippen LogP contribution >= 0.6 is 0 Å². The molecule has 8 fully saturated rings. The summed E-state index contributed by atoms with van der Waals surface area (Å²) in [6, 6.07) is 0. The van der Waals surface area contributed by atoms with Gasteiger partial charge in [0.05, 0.1) is 43.2 Å². The third kappa shape index (κ3) is 9.21. The summed E-state index contributed by atoms with van der Waals surface area (Å²) in [6.45, 7) is 16.4. The van der Waals surface area contributed by atoms with Crippen molar-refractivity contribution in [3.63, 3.8) is 0 Å². The standard InChI is InChI=1S/C54H93N3O8.ClH/c1-31(37-11-13-39-49-41(29-45(62)53(37,39)5)51(3)19-17-35(58)25-33(51)27-43(49)60)9-15-47(64)56-22-8-24-57(23-7-21-55)48(65)16-10-32(2)38-12-14-40-50-42(30-46(63)54(38,40)6)52(4)20-18-36(59)26-34(52)28-44(50)61;/h31-46,49-50,58-63H,7-30,55H2,1-6H3,(H,56,64);1H/t31?,32?,33?,34?,35-,36-,37?,38?,39?,40?,41?,42?,43-,44-,45+,46+,49?,50?,51-,52-,53+,54+;/m0./s1. The van der Waals surface area contributed by atoms with Crippen LogP contribution in [0, 0.1) is 92.7 Å². The van der Waals surface area contributed by atoms with Crippen molar-refractivity contribution in [1.29, 1.82) is 0 Å². The Labute approximate surface area is 404 Å². The number of rotatable bonds is 15. The molecule has 66 heavy (non-hydrogen) atoms. The Bertz CT molecular complexity index is 1680. The molecule has 8 saturated carbocycles. The van der Waals surface area contributed by atoms with Crippen molar-refractivity contribution in [2.24, 2.45) is 92.7 Å². The summed E-state index contributed by atoms with van der Waals surface area (Å²) in [5.41, 5.74) is 3.58. The van der Waals surface area contributed by atoms with Crippen LogP contribution in [-0.4, -0.2) is 110 Å². The predicted octanol–water partition coefficient (Wildman–Crippen LogP) is 2.71. The number of amides is 2. The summed E-state index contributed by atoms with van der Waals surface area (Å²) in [6.07, 6.45) is 13.9. The van der Waals surface area contributed by atoms with Crippen molar-refractivity contribution < 1.29 is 58.4 Å². The first kappa shape index (κ1) is 52.8. The normalized spacial score (nSPS) is 48.0. The number of fused-ring (bicyclic) bond motifs is 10. The lowest BCUT2D eigenvalue weighted by Gasteiger charge is -2.63. The van der Waals surface area contributed by atoms with Crippen molar-refractivity contribution in [2.75, 3.05) is 26.2 Å². The van der Waals surface area contributed by atoms with E-state index in [0.717, 1.165) is 116 Å². The van der Waals surface area contributed by atoms with E-state index in [1.807, 2.05) is 4.90 Å². The van der Waals surface area contributed by atoms with Gasteiger partial charge in [-0.25, -0.2) is 0 Å². The zero-order chi connectivity index (χ0) is 46.8. The Morgan fingerprint density at radius 1 is 0.621 bits per heavy atom. The molecule has 8 rings (SSSR count). The van der Waals surface area contributed by atoms with E-state index in [1.54, 1.807) is 0 Å². The van der Waals surface area contributed by atoms with Crippen LogP contribution in [0.1, 0.15) is 170 Å². The summed E-state index contributed by atoms with van der Waals surface area (Å²) in [5, 5.41) is 71.5. The van der Waals surface area contributed by atoms with Gasteiger partial charge in [-0.05, 0) is 202 Å². The molecule has 12 unspecified atom stereocenters. The van der Waals surface area contributed by atoms with Crippen LogP contribution in [0.25, 0.3) is 0 Å². The van der Waals surface area contributed by atoms with Gasteiger partial charge in [-0.2, -0.15) is 0 Å². The number of aliphatic hydroxyl groups excluding tert-OH is 6. The smallest absolute Gasteiger partial charge is 0.222 e. The first-order valence-electron chi connectivity index (χ1n) is 27.2. The molecule has 8 aliphatic rings. The first-order chi connectivity index (χ1) is 30.8. The zero-order valence-corrected chi connectivity index (χ0v) is 42.7. The highest BCUT2D eigenvalue weighted by atomic mass is 35.5. The molecule has 0 bridgehead atoms. The Hall–Kier alpha value is -1.05. The summed E-state index contributed by atoms with van der Waals surface area (Å²) in [5.74, 6) is 3.38. The van der Waals surface area contributed by atoms with Crippen LogP contribution in [0.4, 0.5) is 0 Å². The molecule has 0 radical (unpaired) electrons. The fraction of sp³-hybridized carbons (Fsp3) is 0.963. The third-order valence-corrected chi connectivity index (χ3v) is 22.6. The molecule has 380 valence electrons. The lowest BCUT2D eigenvalue weighted by atomic mass is 9.43. The first-order valence-corrected chi connectivity index (χ1v) is 27.2. The topological polar surface area (TPSA) is 198 Å². The largest absolute Gasteiger partial charge is 1.00 e. The van der Waals surface area contributed by atoms with E-state index in [-0.39, 0.29) is 118 Å². The van der Waals surface area contributed by atoms with E-state index in [1.165, 1.54) is 0 Å². The highest BCUT2D eigenvalue weighted by Gasteiger charge is 2.67. The molecule has 12 heteroatoms. The summed E-state index contributed by atoms with van der Waals surface area (Å²) < 4.78 is 0. The average molecular weight is 949 g/mol.